The van der Waals surface area contributed by atoms with Gasteiger partial charge in [-0.25, -0.2) is 9.97 Å². The normalized spacial score (nSPS) is 8.67. The number of halogens is 2. The molecule has 1 aromatic heterocycles. The molecule has 6 heteroatoms. The fraction of sp³-hybridized carbons (Fsp3) is 0. The van der Waals surface area contributed by atoms with Crippen LogP contribution in [0.5, 0.6) is 0 Å². The smallest absolute Gasteiger partial charge is 0.179 e. The van der Waals surface area contributed by atoms with Gasteiger partial charge < -0.3 is 0 Å². The molecular weight excluding hydrogens is 199 g/mol. The lowest BCUT2D eigenvalue weighted by Crippen LogP contribution is -1.93. The van der Waals surface area contributed by atoms with Gasteiger partial charge in [0, 0.05) is 0 Å². The minimum atomic E-state index is -0.113. The Kier molecular flexibility index (Phi) is 2.44. The van der Waals surface area contributed by atoms with Gasteiger partial charge in [0.2, 0.25) is 0 Å². The van der Waals surface area contributed by atoms with Crippen LogP contribution in [-0.2, 0) is 0 Å². The van der Waals surface area contributed by atoms with Gasteiger partial charge in [-0.05, 0) is 0 Å². The molecule has 0 N–H and O–H groups in total. The largest absolute Gasteiger partial charge is 0.219 e. The molecule has 0 atom stereocenters. The Labute approximate surface area is 78.0 Å². The second-order valence-electron chi connectivity index (χ2n) is 1.73. The Bertz CT molecular complexity index is 361. The first-order valence-electron chi connectivity index (χ1n) is 2.72. The van der Waals surface area contributed by atoms with E-state index >= 15 is 0 Å². The molecule has 58 valence electrons. The van der Waals surface area contributed by atoms with Gasteiger partial charge in [0.25, 0.3) is 0 Å². The summed E-state index contributed by atoms with van der Waals surface area (Å²) < 4.78 is 0. The number of rotatable bonds is 0. The maximum atomic E-state index is 8.43. The predicted molar refractivity (Wildman–Crippen MR) is 41.5 cm³/mol. The standard InChI is InChI=1S/C6Cl2N4/c7-5-3(1-9)11-6(8)4(2-10)12-5. The highest BCUT2D eigenvalue weighted by Gasteiger charge is 2.09. The van der Waals surface area contributed by atoms with E-state index < -0.39 is 0 Å². The van der Waals surface area contributed by atoms with Crippen LogP contribution in [0, 0.1) is 22.7 Å². The summed E-state index contributed by atoms with van der Waals surface area (Å²) in [5.41, 5.74) is -0.165. The van der Waals surface area contributed by atoms with Crippen LogP contribution in [0.25, 0.3) is 0 Å². The summed E-state index contributed by atoms with van der Waals surface area (Å²) >= 11 is 10.9. The Morgan fingerprint density at radius 3 is 1.50 bits per heavy atom. The summed E-state index contributed by atoms with van der Waals surface area (Å²) in [4.78, 5) is 7.10. The van der Waals surface area contributed by atoms with Crippen molar-refractivity contribution in [3.8, 4) is 12.1 Å². The van der Waals surface area contributed by atoms with Gasteiger partial charge in [-0.3, -0.25) is 0 Å². The van der Waals surface area contributed by atoms with E-state index in [1.165, 1.54) is 0 Å². The SMILES string of the molecule is N#Cc1nc(Cl)c(C#N)nc1Cl. The molecule has 0 aliphatic heterocycles. The molecule has 0 bridgehead atoms. The molecule has 0 saturated carbocycles. The molecule has 1 aromatic rings. The van der Waals surface area contributed by atoms with E-state index in [9.17, 15) is 0 Å². The first-order valence-corrected chi connectivity index (χ1v) is 3.48. The van der Waals surface area contributed by atoms with Gasteiger partial charge >= 0.3 is 0 Å². The summed E-state index contributed by atoms with van der Waals surface area (Å²) in [7, 11) is 0. The molecule has 0 unspecified atom stereocenters. The van der Waals surface area contributed by atoms with Gasteiger partial charge in [-0.15, -0.1) is 0 Å². The molecular formula is C6Cl2N4. The summed E-state index contributed by atoms with van der Waals surface area (Å²) in [5, 5.41) is 16.6. The van der Waals surface area contributed by atoms with E-state index in [1.807, 2.05) is 0 Å². The fourth-order valence-corrected chi connectivity index (χ4v) is 0.875. The van der Waals surface area contributed by atoms with Gasteiger partial charge in [-0.1, -0.05) is 23.2 Å². The van der Waals surface area contributed by atoms with Crippen molar-refractivity contribution in [3.05, 3.63) is 21.7 Å². The molecule has 0 aromatic carbocycles. The first kappa shape index (κ1) is 8.73. The van der Waals surface area contributed by atoms with Crippen molar-refractivity contribution in [1.29, 1.82) is 10.5 Å². The average Bonchev–Trinajstić information content (AvgIpc) is 2.08. The predicted octanol–water partition coefficient (Wildman–Crippen LogP) is 1.53. The number of hydrogen-bond acceptors (Lipinski definition) is 4. The lowest BCUT2D eigenvalue weighted by atomic mass is 10.4. The summed E-state index contributed by atoms with van der Waals surface area (Å²) in [6.45, 7) is 0. The van der Waals surface area contributed by atoms with Gasteiger partial charge in [0.1, 0.15) is 12.1 Å². The molecule has 0 aliphatic carbocycles. The third-order valence-corrected chi connectivity index (χ3v) is 1.55. The quantitative estimate of drug-likeness (QED) is 0.634. The first-order chi connectivity index (χ1) is 5.69. The van der Waals surface area contributed by atoms with Crippen molar-refractivity contribution in [1.82, 2.24) is 9.97 Å². The van der Waals surface area contributed by atoms with E-state index in [0.717, 1.165) is 0 Å². The molecule has 0 aliphatic rings. The number of hydrogen-bond donors (Lipinski definition) is 0. The van der Waals surface area contributed by atoms with Crippen LogP contribution >= 0.6 is 23.2 Å². The number of aromatic nitrogens is 2. The van der Waals surface area contributed by atoms with Crippen LogP contribution in [0.2, 0.25) is 10.3 Å². The van der Waals surface area contributed by atoms with Crippen LogP contribution < -0.4 is 0 Å². The highest BCUT2D eigenvalue weighted by molar-refractivity contribution is 6.32. The van der Waals surface area contributed by atoms with E-state index in [1.54, 1.807) is 12.1 Å². The van der Waals surface area contributed by atoms with E-state index in [2.05, 4.69) is 9.97 Å². The second kappa shape index (κ2) is 3.36. The molecule has 0 saturated heterocycles. The van der Waals surface area contributed by atoms with Crippen LogP contribution in [0.3, 0.4) is 0 Å². The van der Waals surface area contributed by atoms with Crippen LogP contribution in [0.15, 0.2) is 0 Å². The van der Waals surface area contributed by atoms with Crippen molar-refractivity contribution in [2.75, 3.05) is 0 Å². The topological polar surface area (TPSA) is 73.4 Å². The molecule has 0 amide bonds. The zero-order valence-corrected chi connectivity index (χ0v) is 7.06. The molecule has 1 heterocycles. The highest BCUT2D eigenvalue weighted by atomic mass is 35.5. The van der Waals surface area contributed by atoms with Crippen LogP contribution in [0.4, 0.5) is 0 Å². The summed E-state index contributed by atoms with van der Waals surface area (Å²) in [5.74, 6) is 0. The zero-order chi connectivity index (χ0) is 9.14. The Balaban J connectivity index is 3.41. The minimum Gasteiger partial charge on any atom is -0.219 e. The lowest BCUT2D eigenvalue weighted by Gasteiger charge is -1.95. The van der Waals surface area contributed by atoms with Crippen LogP contribution in [-0.4, -0.2) is 9.97 Å². The minimum absolute atomic E-state index is 0.0827. The molecule has 0 spiro atoms. The Hall–Kier alpha value is -1.36. The molecule has 1 rings (SSSR count). The second-order valence-corrected chi connectivity index (χ2v) is 2.44. The maximum Gasteiger partial charge on any atom is 0.179 e. The Morgan fingerprint density at radius 1 is 0.917 bits per heavy atom. The van der Waals surface area contributed by atoms with Crippen molar-refractivity contribution in [2.24, 2.45) is 0 Å². The number of nitriles is 2. The number of nitrogens with zero attached hydrogens (tertiary/aromatic N) is 4. The zero-order valence-electron chi connectivity index (χ0n) is 5.54. The van der Waals surface area contributed by atoms with E-state index in [4.69, 9.17) is 33.7 Å². The molecule has 0 fully saturated rings. The van der Waals surface area contributed by atoms with Crippen molar-refractivity contribution in [3.63, 3.8) is 0 Å². The van der Waals surface area contributed by atoms with Crippen molar-refractivity contribution < 1.29 is 0 Å². The van der Waals surface area contributed by atoms with Crippen molar-refractivity contribution in [2.45, 2.75) is 0 Å². The maximum absolute atomic E-state index is 8.43. The summed E-state index contributed by atoms with van der Waals surface area (Å²) in [6.07, 6.45) is 0. The van der Waals surface area contributed by atoms with Gasteiger partial charge in [-0.2, -0.15) is 10.5 Å². The monoisotopic (exact) mass is 198 g/mol. The van der Waals surface area contributed by atoms with Gasteiger partial charge in [0.05, 0.1) is 0 Å². The lowest BCUT2D eigenvalue weighted by molar-refractivity contribution is 1.13. The van der Waals surface area contributed by atoms with E-state index in [0.29, 0.717) is 0 Å². The molecule has 4 nitrogen and oxygen atoms in total. The third-order valence-electron chi connectivity index (χ3n) is 1.02. The summed E-state index contributed by atoms with van der Waals surface area (Å²) in [6, 6.07) is 3.38. The highest BCUT2D eigenvalue weighted by Crippen LogP contribution is 2.16. The van der Waals surface area contributed by atoms with Crippen LogP contribution in [0.1, 0.15) is 11.4 Å². The van der Waals surface area contributed by atoms with Gasteiger partial charge in [0.15, 0.2) is 21.7 Å². The van der Waals surface area contributed by atoms with Crippen molar-refractivity contribution >= 4 is 23.2 Å². The Morgan fingerprint density at radius 2 is 1.25 bits per heavy atom. The fourth-order valence-electron chi connectivity index (χ4n) is 0.537. The molecule has 12 heavy (non-hydrogen) atoms. The van der Waals surface area contributed by atoms with E-state index in [-0.39, 0.29) is 21.7 Å². The average molecular weight is 199 g/mol. The third kappa shape index (κ3) is 1.45. The molecule has 0 radical (unpaired) electrons.